The lowest BCUT2D eigenvalue weighted by Gasteiger charge is -1.99. The number of aromatic amines is 1. The lowest BCUT2D eigenvalue weighted by molar-refractivity contribution is 0.780. The smallest absolute Gasteiger partial charge is 0.216 e. The first-order valence-corrected chi connectivity index (χ1v) is 6.44. The molecule has 2 rings (SSSR count). The van der Waals surface area contributed by atoms with Gasteiger partial charge in [-0.3, -0.25) is 5.10 Å². The Morgan fingerprint density at radius 1 is 1.50 bits per heavy atom. The molecule has 0 aliphatic rings. The Labute approximate surface area is 119 Å². The number of rotatable bonds is 3. The molecule has 0 atom stereocenters. The Hall–Kier alpha value is -1.17. The van der Waals surface area contributed by atoms with Gasteiger partial charge in [0.1, 0.15) is 0 Å². The minimum atomic E-state index is 0.452. The molecular weight excluding hydrogens is 291 g/mol. The molecule has 1 heterocycles. The van der Waals surface area contributed by atoms with Gasteiger partial charge in [0.05, 0.1) is 11.2 Å². The number of hydrogen-bond donors (Lipinski definition) is 1. The lowest BCUT2D eigenvalue weighted by Crippen LogP contribution is -1.97. The second-order valence-electron chi connectivity index (χ2n) is 3.52. The molecule has 0 unspecified atom stereocenters. The number of H-pyrrole nitrogens is 1. The average molecular weight is 301 g/mol. The molecule has 1 N–H and O–H groups in total. The van der Waals surface area contributed by atoms with Gasteiger partial charge in [0.15, 0.2) is 5.82 Å². The summed E-state index contributed by atoms with van der Waals surface area (Å²) in [5.74, 6) is 0.765. The summed E-state index contributed by atoms with van der Waals surface area (Å²) < 4.78 is 2.02. The maximum absolute atomic E-state index is 6.05. The van der Waals surface area contributed by atoms with Crippen molar-refractivity contribution < 1.29 is 0 Å². The monoisotopic (exact) mass is 300 g/mol. The molecule has 1 aromatic heterocycles. The Bertz CT molecular complexity index is 645. The lowest BCUT2D eigenvalue weighted by atomic mass is 10.2. The first-order chi connectivity index (χ1) is 8.61. The summed E-state index contributed by atoms with van der Waals surface area (Å²) in [7, 11) is 0. The molecule has 0 bridgehead atoms. The summed E-state index contributed by atoms with van der Waals surface area (Å²) in [5, 5.41) is 12.2. The topological polar surface area (TPSA) is 46.0 Å². The van der Waals surface area contributed by atoms with Gasteiger partial charge >= 0.3 is 0 Å². The fraction of sp³-hybridized carbons (Fsp3) is 0.182. The number of aryl methyl sites for hydroxylation is 1. The van der Waals surface area contributed by atoms with Crippen LogP contribution in [0.15, 0.2) is 23.3 Å². The van der Waals surface area contributed by atoms with E-state index < -0.39 is 0 Å². The van der Waals surface area contributed by atoms with E-state index in [0.29, 0.717) is 14.8 Å². The first kappa shape index (κ1) is 13.3. The van der Waals surface area contributed by atoms with Crippen molar-refractivity contribution in [1.82, 2.24) is 14.9 Å². The van der Waals surface area contributed by atoms with Crippen molar-refractivity contribution in [2.45, 2.75) is 13.3 Å². The Morgan fingerprint density at radius 2 is 2.28 bits per heavy atom. The Morgan fingerprint density at radius 3 is 2.94 bits per heavy atom. The van der Waals surface area contributed by atoms with Gasteiger partial charge in [0.25, 0.3) is 0 Å². The maximum Gasteiger partial charge on any atom is 0.216 e. The second-order valence-corrected chi connectivity index (χ2v) is 4.75. The van der Waals surface area contributed by atoms with Gasteiger partial charge in [-0.05, 0) is 24.4 Å². The number of hydrogen-bond acceptors (Lipinski definition) is 3. The van der Waals surface area contributed by atoms with E-state index in [2.05, 4.69) is 15.3 Å². The summed E-state index contributed by atoms with van der Waals surface area (Å²) in [5.41, 5.74) is 0.770. The van der Waals surface area contributed by atoms with Crippen LogP contribution >= 0.6 is 35.4 Å². The van der Waals surface area contributed by atoms with Gasteiger partial charge in [-0.25, -0.2) is 0 Å². The van der Waals surface area contributed by atoms with Crippen molar-refractivity contribution in [3.63, 3.8) is 0 Å². The highest BCUT2D eigenvalue weighted by Gasteiger charge is 2.02. The van der Waals surface area contributed by atoms with E-state index in [-0.39, 0.29) is 0 Å². The van der Waals surface area contributed by atoms with Crippen LogP contribution in [0.4, 0.5) is 0 Å². The molecule has 94 valence electrons. The summed E-state index contributed by atoms with van der Waals surface area (Å²) in [4.78, 5) is 0. The molecule has 0 aliphatic carbocycles. The van der Waals surface area contributed by atoms with Crippen LogP contribution in [0.2, 0.25) is 10.0 Å². The molecule has 0 saturated carbocycles. The van der Waals surface area contributed by atoms with Crippen LogP contribution in [0.25, 0.3) is 0 Å². The van der Waals surface area contributed by atoms with Gasteiger partial charge in [-0.15, -0.1) is 0 Å². The van der Waals surface area contributed by atoms with E-state index in [1.54, 1.807) is 29.1 Å². The van der Waals surface area contributed by atoms with Gasteiger partial charge in [-0.1, -0.05) is 36.2 Å². The van der Waals surface area contributed by atoms with Crippen LogP contribution in [0.1, 0.15) is 18.3 Å². The molecule has 1 aromatic carbocycles. The molecule has 0 fully saturated rings. The fourth-order valence-electron chi connectivity index (χ4n) is 1.40. The van der Waals surface area contributed by atoms with E-state index in [9.17, 15) is 0 Å². The predicted molar refractivity (Wildman–Crippen MR) is 76.2 cm³/mol. The number of nitrogens with one attached hydrogen (secondary N) is 1. The van der Waals surface area contributed by atoms with E-state index >= 15 is 0 Å². The molecular formula is C11H10Cl2N4S. The zero-order chi connectivity index (χ0) is 13.1. The van der Waals surface area contributed by atoms with Gasteiger partial charge in [0, 0.05) is 17.0 Å². The van der Waals surface area contributed by atoms with Crippen molar-refractivity contribution in [1.29, 1.82) is 0 Å². The van der Waals surface area contributed by atoms with Crippen LogP contribution < -0.4 is 0 Å². The standard InChI is InChI=1S/C11H10Cl2N4S/c1-2-10-15-16-11(18)17(10)14-6-7-3-4-8(12)5-9(7)13/h3-6H,2H2,1H3,(H,16,18). The third kappa shape index (κ3) is 2.80. The average Bonchev–Trinajstić information content (AvgIpc) is 2.69. The van der Waals surface area contributed by atoms with Crippen molar-refractivity contribution in [3.05, 3.63) is 44.4 Å². The molecule has 4 nitrogen and oxygen atoms in total. The van der Waals surface area contributed by atoms with E-state index in [4.69, 9.17) is 35.4 Å². The zero-order valence-electron chi connectivity index (χ0n) is 9.52. The first-order valence-electron chi connectivity index (χ1n) is 5.27. The SMILES string of the molecule is CCc1n[nH]c(=S)n1N=Cc1ccc(Cl)cc1Cl. The van der Waals surface area contributed by atoms with Gasteiger partial charge in [0.2, 0.25) is 4.77 Å². The molecule has 18 heavy (non-hydrogen) atoms. The summed E-state index contributed by atoms with van der Waals surface area (Å²) in [6, 6.07) is 5.22. The van der Waals surface area contributed by atoms with Crippen LogP contribution in [0.5, 0.6) is 0 Å². The molecule has 0 spiro atoms. The van der Waals surface area contributed by atoms with Crippen LogP contribution in [-0.2, 0) is 6.42 Å². The number of nitrogens with zero attached hydrogens (tertiary/aromatic N) is 3. The Balaban J connectivity index is 2.35. The zero-order valence-corrected chi connectivity index (χ0v) is 11.9. The van der Waals surface area contributed by atoms with Gasteiger partial charge < -0.3 is 0 Å². The minimum absolute atomic E-state index is 0.452. The molecule has 7 heteroatoms. The third-order valence-electron chi connectivity index (χ3n) is 2.31. The molecule has 0 amide bonds. The van der Waals surface area contributed by atoms with E-state index in [1.165, 1.54) is 0 Å². The van der Waals surface area contributed by atoms with Crippen molar-refractivity contribution >= 4 is 41.6 Å². The third-order valence-corrected chi connectivity index (χ3v) is 3.14. The van der Waals surface area contributed by atoms with Crippen LogP contribution in [0, 0.1) is 4.77 Å². The quantitative estimate of drug-likeness (QED) is 0.694. The molecule has 2 aromatic rings. The minimum Gasteiger partial charge on any atom is -0.250 e. The van der Waals surface area contributed by atoms with Crippen molar-refractivity contribution in [2.24, 2.45) is 5.10 Å². The predicted octanol–water partition coefficient (Wildman–Crippen LogP) is 3.69. The van der Waals surface area contributed by atoms with Crippen LogP contribution in [-0.4, -0.2) is 21.1 Å². The molecule has 0 radical (unpaired) electrons. The number of aromatic nitrogens is 3. The number of benzene rings is 1. The molecule has 0 saturated heterocycles. The summed E-state index contributed by atoms with van der Waals surface area (Å²) in [6.45, 7) is 1.98. The normalized spacial score (nSPS) is 11.3. The van der Waals surface area contributed by atoms with Crippen molar-refractivity contribution in [2.75, 3.05) is 0 Å². The van der Waals surface area contributed by atoms with E-state index in [1.807, 2.05) is 6.92 Å². The van der Waals surface area contributed by atoms with Gasteiger partial charge in [-0.2, -0.15) is 14.9 Å². The van der Waals surface area contributed by atoms with E-state index in [0.717, 1.165) is 17.8 Å². The highest BCUT2D eigenvalue weighted by Crippen LogP contribution is 2.19. The fourth-order valence-corrected chi connectivity index (χ4v) is 2.05. The van der Waals surface area contributed by atoms with Crippen molar-refractivity contribution in [3.8, 4) is 0 Å². The molecule has 0 aliphatic heterocycles. The summed E-state index contributed by atoms with van der Waals surface area (Å²) >= 11 is 17.0. The number of halogens is 2. The highest BCUT2D eigenvalue weighted by molar-refractivity contribution is 7.71. The largest absolute Gasteiger partial charge is 0.250 e. The second kappa shape index (κ2) is 5.65. The highest BCUT2D eigenvalue weighted by atomic mass is 35.5. The summed E-state index contributed by atoms with van der Waals surface area (Å²) in [6.07, 6.45) is 2.36. The Kier molecular flexibility index (Phi) is 4.16. The maximum atomic E-state index is 6.05. The van der Waals surface area contributed by atoms with Crippen LogP contribution in [0.3, 0.4) is 0 Å².